The molecule has 0 bridgehead atoms. The fourth-order valence-corrected chi connectivity index (χ4v) is 2.91. The maximum absolute atomic E-state index is 12.9. The molecular weight excluding hydrogens is 303 g/mol. The molecule has 0 unspecified atom stereocenters. The van der Waals surface area contributed by atoms with Gasteiger partial charge in [-0.1, -0.05) is 0 Å². The van der Waals surface area contributed by atoms with E-state index in [1.54, 1.807) is 17.4 Å². The van der Waals surface area contributed by atoms with E-state index < -0.39 is 0 Å². The molecule has 0 aliphatic carbocycles. The third kappa shape index (κ3) is 3.04. The van der Waals surface area contributed by atoms with Crippen molar-refractivity contribution in [1.29, 1.82) is 0 Å². The minimum Gasteiger partial charge on any atom is -0.379 e. The molecule has 2 aromatic rings. The Morgan fingerprint density at radius 1 is 1.41 bits per heavy atom. The van der Waals surface area contributed by atoms with Crippen molar-refractivity contribution in [2.45, 2.75) is 20.4 Å². The number of aromatic nitrogens is 1. The standard InChI is InChI=1S/C12H12BrFN2S/c1-7-12(17-8(2)16-7)6-15-11-4-3-9(14)5-10(11)13/h3-5,15H,6H2,1-2H3. The molecule has 0 amide bonds. The highest BCUT2D eigenvalue weighted by molar-refractivity contribution is 9.10. The number of nitrogens with one attached hydrogen (secondary N) is 1. The van der Waals surface area contributed by atoms with E-state index in [-0.39, 0.29) is 5.82 Å². The fraction of sp³-hybridized carbons (Fsp3) is 0.250. The number of benzene rings is 1. The van der Waals surface area contributed by atoms with E-state index in [9.17, 15) is 4.39 Å². The molecule has 2 nitrogen and oxygen atoms in total. The molecule has 17 heavy (non-hydrogen) atoms. The lowest BCUT2D eigenvalue weighted by atomic mass is 10.3. The minimum absolute atomic E-state index is 0.243. The van der Waals surface area contributed by atoms with Gasteiger partial charge < -0.3 is 5.32 Å². The van der Waals surface area contributed by atoms with Crippen molar-refractivity contribution in [3.05, 3.63) is 44.1 Å². The van der Waals surface area contributed by atoms with E-state index in [0.717, 1.165) is 20.9 Å². The van der Waals surface area contributed by atoms with E-state index in [0.29, 0.717) is 6.54 Å². The van der Waals surface area contributed by atoms with Gasteiger partial charge in [0.1, 0.15) is 5.82 Å². The lowest BCUT2D eigenvalue weighted by Crippen LogP contribution is -1.99. The number of halogens is 2. The molecular formula is C12H12BrFN2S. The topological polar surface area (TPSA) is 24.9 Å². The molecule has 0 radical (unpaired) electrons. The van der Waals surface area contributed by atoms with E-state index >= 15 is 0 Å². The van der Waals surface area contributed by atoms with Crippen LogP contribution in [0.5, 0.6) is 0 Å². The summed E-state index contributed by atoms with van der Waals surface area (Å²) in [4.78, 5) is 5.57. The highest BCUT2D eigenvalue weighted by Crippen LogP contribution is 2.25. The predicted molar refractivity (Wildman–Crippen MR) is 73.0 cm³/mol. The number of anilines is 1. The number of aryl methyl sites for hydroxylation is 2. The molecule has 0 aliphatic rings. The monoisotopic (exact) mass is 314 g/mol. The second kappa shape index (κ2) is 5.14. The van der Waals surface area contributed by atoms with Gasteiger partial charge in [-0.2, -0.15) is 0 Å². The largest absolute Gasteiger partial charge is 0.379 e. The second-order valence-corrected chi connectivity index (χ2v) is 5.86. The van der Waals surface area contributed by atoms with Crippen LogP contribution in [0, 0.1) is 19.7 Å². The molecule has 1 heterocycles. The molecule has 2 rings (SSSR count). The molecule has 0 spiro atoms. The summed E-state index contributed by atoms with van der Waals surface area (Å²) in [7, 11) is 0. The van der Waals surface area contributed by atoms with Gasteiger partial charge >= 0.3 is 0 Å². The van der Waals surface area contributed by atoms with Crippen LogP contribution in [0.1, 0.15) is 15.6 Å². The maximum atomic E-state index is 12.9. The van der Waals surface area contributed by atoms with E-state index in [4.69, 9.17) is 0 Å². The van der Waals surface area contributed by atoms with Crippen LogP contribution in [-0.4, -0.2) is 4.98 Å². The van der Waals surface area contributed by atoms with Gasteiger partial charge in [0, 0.05) is 15.0 Å². The number of hydrogen-bond acceptors (Lipinski definition) is 3. The van der Waals surface area contributed by atoms with Crippen molar-refractivity contribution >= 4 is 33.0 Å². The smallest absolute Gasteiger partial charge is 0.124 e. The van der Waals surface area contributed by atoms with Crippen LogP contribution in [0.3, 0.4) is 0 Å². The van der Waals surface area contributed by atoms with Crippen molar-refractivity contribution in [1.82, 2.24) is 4.98 Å². The van der Waals surface area contributed by atoms with Crippen LogP contribution in [0.2, 0.25) is 0 Å². The van der Waals surface area contributed by atoms with E-state index in [1.165, 1.54) is 17.0 Å². The van der Waals surface area contributed by atoms with Gasteiger partial charge in [0.15, 0.2) is 0 Å². The fourth-order valence-electron chi connectivity index (χ4n) is 1.55. The third-order valence-corrected chi connectivity index (χ3v) is 4.10. The molecule has 90 valence electrons. The lowest BCUT2D eigenvalue weighted by Gasteiger charge is -2.07. The van der Waals surface area contributed by atoms with Crippen molar-refractivity contribution in [2.75, 3.05) is 5.32 Å². The summed E-state index contributed by atoms with van der Waals surface area (Å²) in [6.07, 6.45) is 0. The van der Waals surface area contributed by atoms with Gasteiger partial charge in [-0.25, -0.2) is 9.37 Å². The zero-order valence-corrected chi connectivity index (χ0v) is 12.0. The Balaban J connectivity index is 2.10. The summed E-state index contributed by atoms with van der Waals surface area (Å²) < 4.78 is 13.6. The average molecular weight is 315 g/mol. The van der Waals surface area contributed by atoms with E-state index in [2.05, 4.69) is 26.2 Å². The molecule has 0 aliphatic heterocycles. The first-order valence-corrected chi connectivity index (χ1v) is 6.79. The highest BCUT2D eigenvalue weighted by atomic mass is 79.9. The van der Waals surface area contributed by atoms with Gasteiger partial charge in [-0.15, -0.1) is 11.3 Å². The molecule has 0 atom stereocenters. The molecule has 0 saturated carbocycles. The lowest BCUT2D eigenvalue weighted by molar-refractivity contribution is 0.627. The molecule has 0 fully saturated rings. The number of thiazole rings is 1. The molecule has 0 saturated heterocycles. The predicted octanol–water partition coefficient (Wildman–Crippen LogP) is 4.27. The van der Waals surface area contributed by atoms with Crippen LogP contribution in [0.4, 0.5) is 10.1 Å². The van der Waals surface area contributed by atoms with Crippen molar-refractivity contribution in [3.8, 4) is 0 Å². The van der Waals surface area contributed by atoms with Crippen LogP contribution >= 0.6 is 27.3 Å². The summed E-state index contributed by atoms with van der Waals surface area (Å²) in [5.74, 6) is -0.243. The Bertz CT molecular complexity index is 539. The van der Waals surface area contributed by atoms with Crippen molar-refractivity contribution in [3.63, 3.8) is 0 Å². The Morgan fingerprint density at radius 3 is 2.76 bits per heavy atom. The molecule has 1 N–H and O–H groups in total. The van der Waals surface area contributed by atoms with Crippen LogP contribution in [-0.2, 0) is 6.54 Å². The number of hydrogen-bond donors (Lipinski definition) is 1. The summed E-state index contributed by atoms with van der Waals surface area (Å²) in [6.45, 7) is 4.71. The minimum atomic E-state index is -0.243. The second-order valence-electron chi connectivity index (χ2n) is 3.72. The Kier molecular flexibility index (Phi) is 3.79. The first-order valence-electron chi connectivity index (χ1n) is 5.18. The van der Waals surface area contributed by atoms with Gasteiger partial charge in [-0.3, -0.25) is 0 Å². The summed E-state index contributed by atoms with van der Waals surface area (Å²) in [6, 6.07) is 4.62. The summed E-state index contributed by atoms with van der Waals surface area (Å²) in [5.41, 5.74) is 1.94. The van der Waals surface area contributed by atoms with Crippen LogP contribution in [0.25, 0.3) is 0 Å². The maximum Gasteiger partial charge on any atom is 0.124 e. The van der Waals surface area contributed by atoms with Crippen molar-refractivity contribution < 1.29 is 4.39 Å². The first kappa shape index (κ1) is 12.5. The zero-order chi connectivity index (χ0) is 12.4. The van der Waals surface area contributed by atoms with Gasteiger partial charge in [0.05, 0.1) is 17.2 Å². The Hall–Kier alpha value is -0.940. The Labute approximate surface area is 112 Å². The summed E-state index contributed by atoms with van der Waals surface area (Å²) >= 11 is 5.01. The van der Waals surface area contributed by atoms with Crippen LogP contribution < -0.4 is 5.32 Å². The molecule has 1 aromatic heterocycles. The highest BCUT2D eigenvalue weighted by Gasteiger charge is 2.06. The van der Waals surface area contributed by atoms with Crippen molar-refractivity contribution in [2.24, 2.45) is 0 Å². The quantitative estimate of drug-likeness (QED) is 0.915. The molecule has 1 aromatic carbocycles. The zero-order valence-electron chi connectivity index (χ0n) is 9.55. The summed E-state index contributed by atoms with van der Waals surface area (Å²) in [5, 5.41) is 4.33. The van der Waals surface area contributed by atoms with Crippen LogP contribution in [0.15, 0.2) is 22.7 Å². The van der Waals surface area contributed by atoms with Gasteiger partial charge in [0.25, 0.3) is 0 Å². The van der Waals surface area contributed by atoms with Gasteiger partial charge in [-0.05, 0) is 48.0 Å². The normalized spacial score (nSPS) is 10.6. The van der Waals surface area contributed by atoms with Gasteiger partial charge in [0.2, 0.25) is 0 Å². The first-order chi connectivity index (χ1) is 8.06. The number of nitrogens with zero attached hydrogens (tertiary/aromatic N) is 1. The van der Waals surface area contributed by atoms with E-state index in [1.807, 2.05) is 13.8 Å². The average Bonchev–Trinajstić information content (AvgIpc) is 2.56. The molecule has 5 heteroatoms. The Morgan fingerprint density at radius 2 is 2.18 bits per heavy atom. The third-order valence-electron chi connectivity index (χ3n) is 2.37. The SMILES string of the molecule is Cc1nc(C)c(CNc2ccc(F)cc2Br)s1. The number of rotatable bonds is 3.